The molecule has 1 aromatic heterocycles. The van der Waals surface area contributed by atoms with E-state index in [2.05, 4.69) is 21.2 Å². The number of carbonyl (C=O) groups is 2. The fourth-order valence-corrected chi connectivity index (χ4v) is 2.84. The predicted octanol–water partition coefficient (Wildman–Crippen LogP) is 4.45. The van der Waals surface area contributed by atoms with Crippen molar-refractivity contribution < 1.29 is 14.3 Å². The van der Waals surface area contributed by atoms with Crippen molar-refractivity contribution in [1.82, 2.24) is 4.57 Å². The van der Waals surface area contributed by atoms with Crippen LogP contribution in [0.1, 0.15) is 33.3 Å². The smallest absolute Gasteiger partial charge is 0.419 e. The third kappa shape index (κ3) is 3.50. The molecule has 0 aliphatic rings. The van der Waals surface area contributed by atoms with Crippen LogP contribution in [-0.2, 0) is 9.53 Å². The summed E-state index contributed by atoms with van der Waals surface area (Å²) >= 11 is 3.44. The fourth-order valence-electron chi connectivity index (χ4n) is 2.27. The van der Waals surface area contributed by atoms with Gasteiger partial charge in [0, 0.05) is 23.0 Å². The number of nitrogens with one attached hydrogen (secondary N) is 1. The van der Waals surface area contributed by atoms with Gasteiger partial charge in [-0.1, -0.05) is 15.9 Å². The Morgan fingerprint density at radius 3 is 2.45 bits per heavy atom. The first-order valence-corrected chi connectivity index (χ1v) is 7.70. The van der Waals surface area contributed by atoms with E-state index in [0.717, 1.165) is 20.9 Å². The number of fused-ring (bicyclic) bond motifs is 1. The minimum atomic E-state index is -0.592. The van der Waals surface area contributed by atoms with E-state index in [-0.39, 0.29) is 5.91 Å². The molecular formula is C16H19BrN2O3. The van der Waals surface area contributed by atoms with Crippen LogP contribution in [0.2, 0.25) is 0 Å². The second-order valence-corrected chi connectivity index (χ2v) is 7.11. The monoisotopic (exact) mass is 366 g/mol. The number of ether oxygens (including phenoxy) is 1. The summed E-state index contributed by atoms with van der Waals surface area (Å²) in [5.74, 6) is -0.194. The molecule has 0 bridgehead atoms. The van der Waals surface area contributed by atoms with Gasteiger partial charge in [-0.2, -0.15) is 0 Å². The first-order chi connectivity index (χ1) is 10.1. The second kappa shape index (κ2) is 5.76. The van der Waals surface area contributed by atoms with Gasteiger partial charge in [0.05, 0.1) is 11.2 Å². The minimum absolute atomic E-state index is 0.194. The molecule has 6 heteroatoms. The molecule has 1 aromatic carbocycles. The van der Waals surface area contributed by atoms with Crippen molar-refractivity contribution in [2.24, 2.45) is 0 Å². The molecule has 1 heterocycles. The Morgan fingerprint density at radius 2 is 1.91 bits per heavy atom. The second-order valence-electron chi connectivity index (χ2n) is 6.19. The maximum absolute atomic E-state index is 12.4. The summed E-state index contributed by atoms with van der Waals surface area (Å²) in [4.78, 5) is 23.8. The number of nitrogens with zero attached hydrogens (tertiary/aromatic N) is 1. The van der Waals surface area contributed by atoms with Crippen molar-refractivity contribution in [3.63, 3.8) is 0 Å². The zero-order valence-corrected chi connectivity index (χ0v) is 14.9. The van der Waals surface area contributed by atoms with Crippen LogP contribution in [0.15, 0.2) is 22.8 Å². The van der Waals surface area contributed by atoms with E-state index in [1.54, 1.807) is 6.20 Å². The molecule has 0 fully saturated rings. The first kappa shape index (κ1) is 16.5. The van der Waals surface area contributed by atoms with E-state index < -0.39 is 11.7 Å². The average Bonchev–Trinajstić information content (AvgIpc) is 2.65. The van der Waals surface area contributed by atoms with E-state index in [1.807, 2.05) is 39.8 Å². The molecule has 0 unspecified atom stereocenters. The fraction of sp³-hybridized carbons (Fsp3) is 0.375. The van der Waals surface area contributed by atoms with Gasteiger partial charge in [-0.3, -0.25) is 9.36 Å². The van der Waals surface area contributed by atoms with Crippen molar-refractivity contribution in [3.8, 4) is 0 Å². The van der Waals surface area contributed by atoms with Gasteiger partial charge in [-0.05, 0) is 45.4 Å². The number of amides is 1. The van der Waals surface area contributed by atoms with Gasteiger partial charge < -0.3 is 10.1 Å². The van der Waals surface area contributed by atoms with Crippen LogP contribution in [0.25, 0.3) is 10.9 Å². The third-order valence-electron chi connectivity index (χ3n) is 2.96. The lowest BCUT2D eigenvalue weighted by atomic mass is 10.1. The molecule has 5 nitrogen and oxygen atoms in total. The quantitative estimate of drug-likeness (QED) is 0.810. The van der Waals surface area contributed by atoms with Gasteiger partial charge in [-0.25, -0.2) is 4.79 Å². The number of halogens is 1. The summed E-state index contributed by atoms with van der Waals surface area (Å²) in [5.41, 5.74) is 1.62. The zero-order chi connectivity index (χ0) is 16.7. The van der Waals surface area contributed by atoms with Gasteiger partial charge >= 0.3 is 6.09 Å². The van der Waals surface area contributed by atoms with Crippen molar-refractivity contribution in [3.05, 3.63) is 28.4 Å². The standard InChI is InChI=1S/C16H19BrN2O3/c1-9-6-11(17)7-12-13(18-10(2)20)8-19(14(9)12)15(21)22-16(3,4)5/h6-8H,1-5H3,(H,18,20). The number of aryl methyl sites for hydroxylation is 1. The molecule has 0 radical (unpaired) electrons. The minimum Gasteiger partial charge on any atom is -0.443 e. The molecule has 0 spiro atoms. The molecule has 0 saturated carbocycles. The zero-order valence-electron chi connectivity index (χ0n) is 13.3. The Hall–Kier alpha value is -1.82. The first-order valence-electron chi connectivity index (χ1n) is 6.90. The molecular weight excluding hydrogens is 348 g/mol. The molecule has 1 N–H and O–H groups in total. The van der Waals surface area contributed by atoms with Gasteiger partial charge in [0.15, 0.2) is 0 Å². The summed E-state index contributed by atoms with van der Waals surface area (Å²) in [6, 6.07) is 3.79. The number of carbonyl (C=O) groups excluding carboxylic acids is 2. The number of benzene rings is 1. The Bertz CT molecular complexity index is 757. The van der Waals surface area contributed by atoms with Crippen LogP contribution in [0, 0.1) is 6.92 Å². The number of anilines is 1. The Labute approximate surface area is 137 Å². The van der Waals surface area contributed by atoms with Gasteiger partial charge in [0.2, 0.25) is 5.91 Å². The molecule has 22 heavy (non-hydrogen) atoms. The largest absolute Gasteiger partial charge is 0.443 e. The van der Waals surface area contributed by atoms with E-state index >= 15 is 0 Å². The normalized spacial score (nSPS) is 11.5. The van der Waals surface area contributed by atoms with Gasteiger partial charge in [0.25, 0.3) is 0 Å². The van der Waals surface area contributed by atoms with Crippen LogP contribution in [0.5, 0.6) is 0 Å². The van der Waals surface area contributed by atoms with Crippen molar-refractivity contribution in [2.75, 3.05) is 5.32 Å². The van der Waals surface area contributed by atoms with E-state index in [4.69, 9.17) is 4.74 Å². The number of rotatable bonds is 1. The van der Waals surface area contributed by atoms with Gasteiger partial charge in [-0.15, -0.1) is 0 Å². The van der Waals surface area contributed by atoms with E-state index in [9.17, 15) is 9.59 Å². The molecule has 1 amide bonds. The maximum Gasteiger partial charge on any atom is 0.419 e. The molecule has 0 aliphatic carbocycles. The molecule has 2 rings (SSSR count). The van der Waals surface area contributed by atoms with Crippen LogP contribution in [0.4, 0.5) is 10.5 Å². The number of hydrogen-bond donors (Lipinski definition) is 1. The van der Waals surface area contributed by atoms with Crippen molar-refractivity contribution in [2.45, 2.75) is 40.2 Å². The molecule has 118 valence electrons. The predicted molar refractivity (Wildman–Crippen MR) is 90.3 cm³/mol. The molecule has 0 atom stereocenters. The summed E-state index contributed by atoms with van der Waals surface area (Å²) in [5, 5.41) is 3.54. The Balaban J connectivity index is 2.64. The van der Waals surface area contributed by atoms with Gasteiger partial charge in [0.1, 0.15) is 5.60 Å². The Kier molecular flexibility index (Phi) is 4.33. The van der Waals surface area contributed by atoms with Crippen LogP contribution in [-0.4, -0.2) is 22.2 Å². The molecule has 0 aliphatic heterocycles. The summed E-state index contributed by atoms with van der Waals surface area (Å²) in [6.07, 6.45) is 1.12. The van der Waals surface area contributed by atoms with Crippen molar-refractivity contribution in [1.29, 1.82) is 0 Å². The lowest BCUT2D eigenvalue weighted by molar-refractivity contribution is -0.114. The summed E-state index contributed by atoms with van der Waals surface area (Å²) in [6.45, 7) is 8.78. The molecule has 0 saturated heterocycles. The number of hydrogen-bond acceptors (Lipinski definition) is 3. The van der Waals surface area contributed by atoms with E-state index in [1.165, 1.54) is 11.5 Å². The van der Waals surface area contributed by atoms with E-state index in [0.29, 0.717) is 5.69 Å². The highest BCUT2D eigenvalue weighted by molar-refractivity contribution is 9.10. The topological polar surface area (TPSA) is 60.3 Å². The van der Waals surface area contributed by atoms with Crippen LogP contribution in [0.3, 0.4) is 0 Å². The lowest BCUT2D eigenvalue weighted by Gasteiger charge is -2.20. The third-order valence-corrected chi connectivity index (χ3v) is 3.41. The highest BCUT2D eigenvalue weighted by Crippen LogP contribution is 2.32. The van der Waals surface area contributed by atoms with Crippen LogP contribution < -0.4 is 5.32 Å². The maximum atomic E-state index is 12.4. The number of aromatic nitrogens is 1. The average molecular weight is 367 g/mol. The lowest BCUT2D eigenvalue weighted by Crippen LogP contribution is -2.26. The van der Waals surface area contributed by atoms with Crippen molar-refractivity contribution >= 4 is 44.5 Å². The van der Waals surface area contributed by atoms with Crippen LogP contribution >= 0.6 is 15.9 Å². The SMILES string of the molecule is CC(=O)Nc1cn(C(=O)OC(C)(C)C)c2c(C)cc(Br)cc12. The molecule has 2 aromatic rings. The highest BCUT2D eigenvalue weighted by atomic mass is 79.9. The summed E-state index contributed by atoms with van der Waals surface area (Å²) < 4.78 is 7.75. The summed E-state index contributed by atoms with van der Waals surface area (Å²) in [7, 11) is 0. The Morgan fingerprint density at radius 1 is 1.27 bits per heavy atom. The highest BCUT2D eigenvalue weighted by Gasteiger charge is 2.22.